The van der Waals surface area contributed by atoms with E-state index in [2.05, 4.69) is 22.4 Å². The summed E-state index contributed by atoms with van der Waals surface area (Å²) in [4.78, 5) is 4.32. The van der Waals surface area contributed by atoms with Gasteiger partial charge in [0.1, 0.15) is 0 Å². The lowest BCUT2D eigenvalue weighted by Crippen LogP contribution is -2.24. The highest BCUT2D eigenvalue weighted by molar-refractivity contribution is 6.32. The van der Waals surface area contributed by atoms with Crippen LogP contribution in [0.25, 0.3) is 12.2 Å². The van der Waals surface area contributed by atoms with Gasteiger partial charge in [0.15, 0.2) is 17.3 Å². The van der Waals surface area contributed by atoms with E-state index < -0.39 is 0 Å². The lowest BCUT2D eigenvalue weighted by molar-refractivity contribution is 0.355. The molecule has 0 aliphatic carbocycles. The number of aromatic nitrogens is 2. The zero-order valence-electron chi connectivity index (χ0n) is 13.6. The van der Waals surface area contributed by atoms with Crippen LogP contribution in [0.15, 0.2) is 16.7 Å². The fourth-order valence-electron chi connectivity index (χ4n) is 2.00. The zero-order chi connectivity index (χ0) is 16.8. The molecule has 23 heavy (non-hydrogen) atoms. The highest BCUT2D eigenvalue weighted by atomic mass is 35.5. The van der Waals surface area contributed by atoms with Crippen LogP contribution in [0.3, 0.4) is 0 Å². The van der Waals surface area contributed by atoms with Crippen LogP contribution in [0.4, 0.5) is 0 Å². The maximum atomic E-state index is 6.18. The van der Waals surface area contributed by atoms with E-state index in [-0.39, 0.29) is 6.04 Å². The maximum absolute atomic E-state index is 6.18. The Morgan fingerprint density at radius 3 is 2.74 bits per heavy atom. The number of ether oxygens (including phenoxy) is 2. The van der Waals surface area contributed by atoms with Crippen LogP contribution in [-0.4, -0.2) is 37.4 Å². The van der Waals surface area contributed by atoms with Crippen LogP contribution in [0.2, 0.25) is 5.02 Å². The Morgan fingerprint density at radius 1 is 1.30 bits per heavy atom. The minimum absolute atomic E-state index is 0.286. The fourth-order valence-corrected chi connectivity index (χ4v) is 2.29. The standard InChI is InChI=1S/C16H20ClN3O3/c1-10(18-2)7-14-19-15(23-20-14)6-5-11-8-12(17)16(22-4)13(9-11)21-3/h5-6,8-10,18H,7H2,1-4H3/b6-5+. The molecule has 0 radical (unpaired) electrons. The molecule has 1 heterocycles. The first-order valence-electron chi connectivity index (χ1n) is 7.16. The van der Waals surface area contributed by atoms with Crippen LogP contribution in [0.5, 0.6) is 11.5 Å². The monoisotopic (exact) mass is 337 g/mol. The van der Waals surface area contributed by atoms with Gasteiger partial charge in [0.05, 0.1) is 19.2 Å². The summed E-state index contributed by atoms with van der Waals surface area (Å²) < 4.78 is 15.7. The molecule has 0 amide bonds. The summed E-state index contributed by atoms with van der Waals surface area (Å²) in [6.07, 6.45) is 4.26. The fraction of sp³-hybridized carbons (Fsp3) is 0.375. The molecule has 1 unspecified atom stereocenters. The summed E-state index contributed by atoms with van der Waals surface area (Å²) in [6.45, 7) is 2.05. The molecule has 1 atom stereocenters. The van der Waals surface area contributed by atoms with Gasteiger partial charge in [-0.2, -0.15) is 4.98 Å². The van der Waals surface area contributed by atoms with E-state index in [0.717, 1.165) is 5.56 Å². The van der Waals surface area contributed by atoms with Gasteiger partial charge in [-0.05, 0) is 37.7 Å². The van der Waals surface area contributed by atoms with Gasteiger partial charge in [-0.3, -0.25) is 0 Å². The van der Waals surface area contributed by atoms with Crippen LogP contribution in [-0.2, 0) is 6.42 Å². The maximum Gasteiger partial charge on any atom is 0.250 e. The van der Waals surface area contributed by atoms with Crippen LogP contribution in [0, 0.1) is 0 Å². The third-order valence-corrected chi connectivity index (χ3v) is 3.62. The van der Waals surface area contributed by atoms with Crippen LogP contribution >= 0.6 is 11.6 Å². The predicted octanol–water partition coefficient (Wildman–Crippen LogP) is 3.06. The Morgan fingerprint density at radius 2 is 2.09 bits per heavy atom. The van der Waals surface area contributed by atoms with Crippen molar-refractivity contribution in [3.63, 3.8) is 0 Å². The predicted molar refractivity (Wildman–Crippen MR) is 90.0 cm³/mol. The lowest BCUT2D eigenvalue weighted by atomic mass is 10.2. The Kier molecular flexibility index (Phi) is 6.01. The summed E-state index contributed by atoms with van der Waals surface area (Å²) in [6, 6.07) is 3.88. The van der Waals surface area contributed by atoms with Crippen molar-refractivity contribution in [2.45, 2.75) is 19.4 Å². The summed E-state index contributed by atoms with van der Waals surface area (Å²) in [5.74, 6) is 2.17. The Hall–Kier alpha value is -2.05. The number of nitrogens with one attached hydrogen (secondary N) is 1. The molecule has 6 nitrogen and oxygen atoms in total. The molecule has 0 saturated carbocycles. The molecular weight excluding hydrogens is 318 g/mol. The second-order valence-corrected chi connectivity index (χ2v) is 5.42. The van der Waals surface area contributed by atoms with Crippen LogP contribution < -0.4 is 14.8 Å². The van der Waals surface area contributed by atoms with Crippen LogP contribution in [0.1, 0.15) is 24.2 Å². The second kappa shape index (κ2) is 7.99. The SMILES string of the molecule is CNC(C)Cc1noc(/C=C/c2cc(Cl)c(OC)c(OC)c2)n1. The number of hydrogen-bond donors (Lipinski definition) is 1. The van der Waals surface area contributed by atoms with Gasteiger partial charge in [-0.25, -0.2) is 0 Å². The number of hydrogen-bond acceptors (Lipinski definition) is 6. The van der Waals surface area contributed by atoms with Gasteiger partial charge >= 0.3 is 0 Å². The van der Waals surface area contributed by atoms with Crippen molar-refractivity contribution >= 4 is 23.8 Å². The Balaban J connectivity index is 2.15. The van der Waals surface area contributed by atoms with E-state index in [1.54, 1.807) is 26.4 Å². The summed E-state index contributed by atoms with van der Waals surface area (Å²) in [5.41, 5.74) is 0.844. The number of likely N-dealkylation sites (N-methyl/N-ethyl adjacent to an activating group) is 1. The van der Waals surface area contributed by atoms with E-state index in [4.69, 9.17) is 25.6 Å². The first-order valence-corrected chi connectivity index (χ1v) is 7.54. The van der Waals surface area contributed by atoms with Gasteiger partial charge in [0.2, 0.25) is 0 Å². The molecule has 2 rings (SSSR count). The molecule has 0 saturated heterocycles. The average molecular weight is 338 g/mol. The van der Waals surface area contributed by atoms with Crippen molar-refractivity contribution < 1.29 is 14.0 Å². The third-order valence-electron chi connectivity index (χ3n) is 3.34. The zero-order valence-corrected chi connectivity index (χ0v) is 14.3. The van der Waals surface area contributed by atoms with Crippen molar-refractivity contribution in [2.24, 2.45) is 0 Å². The summed E-state index contributed by atoms with van der Waals surface area (Å²) >= 11 is 6.18. The molecule has 1 N–H and O–H groups in total. The van der Waals surface area contributed by atoms with Gasteiger partial charge in [-0.15, -0.1) is 0 Å². The molecule has 1 aromatic heterocycles. The average Bonchev–Trinajstić information content (AvgIpc) is 2.99. The van der Waals surface area contributed by atoms with Gasteiger partial charge in [-0.1, -0.05) is 16.8 Å². The number of halogens is 1. The number of nitrogens with zero attached hydrogens (tertiary/aromatic N) is 2. The first kappa shape index (κ1) is 17.3. The molecule has 1 aromatic carbocycles. The van der Waals surface area contributed by atoms with E-state index >= 15 is 0 Å². The Labute approximate surface area is 140 Å². The van der Waals surface area contributed by atoms with Crippen molar-refractivity contribution in [3.05, 3.63) is 34.4 Å². The quantitative estimate of drug-likeness (QED) is 0.837. The van der Waals surface area contributed by atoms with Crippen molar-refractivity contribution in [1.82, 2.24) is 15.5 Å². The van der Waals surface area contributed by atoms with Gasteiger partial charge < -0.3 is 19.3 Å². The second-order valence-electron chi connectivity index (χ2n) is 5.01. The number of methoxy groups -OCH3 is 2. The van der Waals surface area contributed by atoms with E-state index in [1.807, 2.05) is 19.2 Å². The minimum Gasteiger partial charge on any atom is -0.493 e. The lowest BCUT2D eigenvalue weighted by Gasteiger charge is -2.09. The molecule has 2 aromatic rings. The number of benzene rings is 1. The van der Waals surface area contributed by atoms with Gasteiger partial charge in [0, 0.05) is 18.5 Å². The molecule has 0 fully saturated rings. The minimum atomic E-state index is 0.286. The van der Waals surface area contributed by atoms with E-state index in [0.29, 0.717) is 34.7 Å². The Bertz CT molecular complexity index is 685. The highest BCUT2D eigenvalue weighted by Gasteiger charge is 2.10. The molecule has 0 spiro atoms. The molecule has 0 aliphatic rings. The first-order chi connectivity index (χ1) is 11.1. The smallest absolute Gasteiger partial charge is 0.250 e. The third kappa shape index (κ3) is 4.46. The highest BCUT2D eigenvalue weighted by Crippen LogP contribution is 2.36. The summed E-state index contributed by atoms with van der Waals surface area (Å²) in [7, 11) is 5.01. The van der Waals surface area contributed by atoms with Crippen molar-refractivity contribution in [1.29, 1.82) is 0 Å². The van der Waals surface area contributed by atoms with Gasteiger partial charge in [0.25, 0.3) is 5.89 Å². The van der Waals surface area contributed by atoms with E-state index in [9.17, 15) is 0 Å². The molecular formula is C16H20ClN3O3. The summed E-state index contributed by atoms with van der Waals surface area (Å²) in [5, 5.41) is 7.55. The number of rotatable bonds is 7. The molecule has 124 valence electrons. The topological polar surface area (TPSA) is 69.4 Å². The van der Waals surface area contributed by atoms with E-state index in [1.165, 1.54) is 0 Å². The largest absolute Gasteiger partial charge is 0.493 e. The van der Waals surface area contributed by atoms with Crippen molar-refractivity contribution in [2.75, 3.05) is 21.3 Å². The van der Waals surface area contributed by atoms with Crippen molar-refractivity contribution in [3.8, 4) is 11.5 Å². The molecule has 0 bridgehead atoms. The molecule has 0 aliphatic heterocycles. The molecule has 7 heteroatoms. The normalized spacial score (nSPS) is 12.6.